The van der Waals surface area contributed by atoms with Crippen LogP contribution in [-0.4, -0.2) is 36.7 Å². The Labute approximate surface area is 170 Å². The topological polar surface area (TPSA) is 48.0 Å². The molecular weight excluding hydrogens is 366 g/mol. The largest absolute Gasteiger partial charge is 0.478 e. The molecule has 3 heterocycles. The molecule has 5 heteroatoms. The molecule has 0 amide bonds. The highest BCUT2D eigenvalue weighted by Gasteiger charge is 2.36. The molecule has 150 valence electrons. The number of nitrogens with zero attached hydrogens (tertiary/aromatic N) is 1. The van der Waals surface area contributed by atoms with Gasteiger partial charge in [-0.1, -0.05) is 24.3 Å². The van der Waals surface area contributed by atoms with Crippen LogP contribution in [0.15, 0.2) is 36.1 Å². The van der Waals surface area contributed by atoms with Crippen molar-refractivity contribution in [2.45, 2.75) is 39.3 Å². The van der Waals surface area contributed by atoms with E-state index >= 15 is 0 Å². The molecule has 3 aliphatic rings. The van der Waals surface area contributed by atoms with Crippen LogP contribution < -0.4 is 9.47 Å². The molecule has 1 saturated heterocycles. The van der Waals surface area contributed by atoms with Gasteiger partial charge in [0.2, 0.25) is 5.78 Å². The average molecular weight is 391 g/mol. The van der Waals surface area contributed by atoms with Crippen LogP contribution in [0.25, 0.3) is 6.08 Å². The number of hydrogen-bond acceptors (Lipinski definition) is 5. The monoisotopic (exact) mass is 391 g/mol. The Bertz CT molecular complexity index is 1000. The third-order valence-corrected chi connectivity index (χ3v) is 5.95. The normalized spacial score (nSPS) is 22.3. The third-order valence-electron chi connectivity index (χ3n) is 5.95. The van der Waals surface area contributed by atoms with Crippen molar-refractivity contribution in [1.82, 2.24) is 4.90 Å². The van der Waals surface area contributed by atoms with Crippen molar-refractivity contribution in [2.75, 3.05) is 19.9 Å². The standard InChI is InChI=1S/C24H25NO4/c1-15-6-3-4-7-17(15)11-21-23(26)22-16(2)10-20-19(24(22)29-21)13-25(14-28-20)12-18-8-5-9-27-18/h3-4,6-7,10-11,18H,5,8-9,12-14H2,1-2H3/b21-11-. The number of carbonyl (C=O) groups is 1. The average Bonchev–Trinajstić information content (AvgIpc) is 3.33. The summed E-state index contributed by atoms with van der Waals surface area (Å²) in [6.45, 7) is 6.88. The number of ether oxygens (including phenoxy) is 3. The van der Waals surface area contributed by atoms with Crippen molar-refractivity contribution in [3.05, 3.63) is 63.9 Å². The van der Waals surface area contributed by atoms with Gasteiger partial charge >= 0.3 is 0 Å². The Morgan fingerprint density at radius 3 is 2.86 bits per heavy atom. The van der Waals surface area contributed by atoms with E-state index in [1.807, 2.05) is 50.3 Å². The van der Waals surface area contributed by atoms with Crippen LogP contribution >= 0.6 is 0 Å². The number of carbonyl (C=O) groups excluding carboxylic acids is 1. The molecule has 1 atom stereocenters. The number of allylic oxidation sites excluding steroid dienone is 1. The van der Waals surface area contributed by atoms with Crippen molar-refractivity contribution >= 4 is 11.9 Å². The fourth-order valence-electron chi connectivity index (χ4n) is 4.36. The van der Waals surface area contributed by atoms with Crippen LogP contribution in [0.1, 0.15) is 45.5 Å². The molecular formula is C24H25NO4. The summed E-state index contributed by atoms with van der Waals surface area (Å²) in [4.78, 5) is 15.3. The SMILES string of the molecule is Cc1ccccc1/C=C1\Oc2c3c(cc(C)c2C1=O)OCN(CC1CCCO1)C3. The van der Waals surface area contributed by atoms with Gasteiger partial charge in [-0.2, -0.15) is 0 Å². The first kappa shape index (κ1) is 18.4. The lowest BCUT2D eigenvalue weighted by atomic mass is 9.98. The van der Waals surface area contributed by atoms with Crippen molar-refractivity contribution in [2.24, 2.45) is 0 Å². The number of fused-ring (bicyclic) bond motifs is 3. The first-order chi connectivity index (χ1) is 14.1. The molecule has 5 nitrogen and oxygen atoms in total. The van der Waals surface area contributed by atoms with Gasteiger partial charge in [0.15, 0.2) is 5.76 Å². The van der Waals surface area contributed by atoms with E-state index in [4.69, 9.17) is 14.2 Å². The fourth-order valence-corrected chi connectivity index (χ4v) is 4.36. The molecule has 0 N–H and O–H groups in total. The van der Waals surface area contributed by atoms with E-state index < -0.39 is 0 Å². The second-order valence-corrected chi connectivity index (χ2v) is 8.09. The van der Waals surface area contributed by atoms with Crippen molar-refractivity contribution < 1.29 is 19.0 Å². The maximum Gasteiger partial charge on any atom is 0.232 e. The molecule has 29 heavy (non-hydrogen) atoms. The summed E-state index contributed by atoms with van der Waals surface area (Å²) < 4.78 is 17.9. The molecule has 0 aromatic heterocycles. The summed E-state index contributed by atoms with van der Waals surface area (Å²) in [6.07, 6.45) is 4.32. The molecule has 5 rings (SSSR count). The van der Waals surface area contributed by atoms with Crippen LogP contribution in [0, 0.1) is 13.8 Å². The van der Waals surface area contributed by atoms with Gasteiger partial charge in [-0.25, -0.2) is 0 Å². The van der Waals surface area contributed by atoms with Gasteiger partial charge in [0.25, 0.3) is 0 Å². The maximum absolute atomic E-state index is 13.1. The molecule has 1 fully saturated rings. The Morgan fingerprint density at radius 1 is 1.21 bits per heavy atom. The molecule has 2 aromatic rings. The first-order valence-electron chi connectivity index (χ1n) is 10.2. The lowest BCUT2D eigenvalue weighted by Crippen LogP contribution is -2.37. The minimum absolute atomic E-state index is 0.0557. The molecule has 3 aliphatic heterocycles. The zero-order valence-electron chi connectivity index (χ0n) is 16.9. The van der Waals surface area contributed by atoms with Crippen LogP contribution in [0.2, 0.25) is 0 Å². The van der Waals surface area contributed by atoms with E-state index in [1.165, 1.54) is 0 Å². The zero-order valence-corrected chi connectivity index (χ0v) is 16.9. The van der Waals surface area contributed by atoms with Gasteiger partial charge in [0.05, 0.1) is 17.2 Å². The predicted molar refractivity (Wildman–Crippen MR) is 110 cm³/mol. The summed E-state index contributed by atoms with van der Waals surface area (Å²) in [5, 5.41) is 0. The Hall–Kier alpha value is -2.63. The second-order valence-electron chi connectivity index (χ2n) is 8.09. The smallest absolute Gasteiger partial charge is 0.232 e. The van der Waals surface area contributed by atoms with Gasteiger partial charge in [-0.05, 0) is 55.5 Å². The van der Waals surface area contributed by atoms with Crippen molar-refractivity contribution in [1.29, 1.82) is 0 Å². The quantitative estimate of drug-likeness (QED) is 0.732. The molecule has 2 aromatic carbocycles. The van der Waals surface area contributed by atoms with E-state index in [9.17, 15) is 4.79 Å². The van der Waals surface area contributed by atoms with Gasteiger partial charge < -0.3 is 14.2 Å². The van der Waals surface area contributed by atoms with E-state index in [0.717, 1.165) is 54.0 Å². The minimum Gasteiger partial charge on any atom is -0.478 e. The van der Waals surface area contributed by atoms with Crippen LogP contribution in [0.5, 0.6) is 11.5 Å². The van der Waals surface area contributed by atoms with Gasteiger partial charge in [0.1, 0.15) is 18.2 Å². The van der Waals surface area contributed by atoms with Crippen LogP contribution in [-0.2, 0) is 11.3 Å². The number of aryl methyl sites for hydroxylation is 2. The fraction of sp³-hybridized carbons (Fsp3) is 0.375. The number of rotatable bonds is 3. The van der Waals surface area contributed by atoms with E-state index in [1.54, 1.807) is 0 Å². The highest BCUT2D eigenvalue weighted by molar-refractivity contribution is 6.16. The number of Topliss-reactive ketones (excluding diaryl/α,β-unsaturated/α-hetero) is 1. The first-order valence-corrected chi connectivity index (χ1v) is 10.2. The molecule has 1 unspecified atom stereocenters. The van der Waals surface area contributed by atoms with E-state index in [2.05, 4.69) is 4.90 Å². The van der Waals surface area contributed by atoms with Gasteiger partial charge in [-0.15, -0.1) is 0 Å². The summed E-state index contributed by atoms with van der Waals surface area (Å²) in [5.74, 6) is 1.79. The summed E-state index contributed by atoms with van der Waals surface area (Å²) in [6, 6.07) is 9.95. The lowest BCUT2D eigenvalue weighted by molar-refractivity contribution is 0.0273. The number of ketones is 1. The molecule has 0 bridgehead atoms. The highest BCUT2D eigenvalue weighted by Crippen LogP contribution is 2.44. The lowest BCUT2D eigenvalue weighted by Gasteiger charge is -2.31. The molecule has 0 radical (unpaired) electrons. The third kappa shape index (κ3) is 3.34. The Balaban J connectivity index is 1.47. The maximum atomic E-state index is 13.1. The highest BCUT2D eigenvalue weighted by atomic mass is 16.5. The molecule has 0 aliphatic carbocycles. The van der Waals surface area contributed by atoms with Crippen molar-refractivity contribution in [3.63, 3.8) is 0 Å². The summed E-state index contributed by atoms with van der Waals surface area (Å²) in [5.41, 5.74) is 4.61. The minimum atomic E-state index is -0.0557. The molecule has 0 saturated carbocycles. The summed E-state index contributed by atoms with van der Waals surface area (Å²) in [7, 11) is 0. The zero-order chi connectivity index (χ0) is 20.0. The Kier molecular flexibility index (Phi) is 4.64. The van der Waals surface area contributed by atoms with E-state index in [0.29, 0.717) is 30.3 Å². The number of benzene rings is 2. The van der Waals surface area contributed by atoms with Gasteiger partial charge in [0, 0.05) is 19.7 Å². The summed E-state index contributed by atoms with van der Waals surface area (Å²) >= 11 is 0. The molecule has 0 spiro atoms. The van der Waals surface area contributed by atoms with Crippen LogP contribution in [0.4, 0.5) is 0 Å². The van der Waals surface area contributed by atoms with E-state index in [-0.39, 0.29) is 11.9 Å². The predicted octanol–water partition coefficient (Wildman–Crippen LogP) is 4.25. The second kappa shape index (κ2) is 7.32. The van der Waals surface area contributed by atoms with Crippen LogP contribution in [0.3, 0.4) is 0 Å². The van der Waals surface area contributed by atoms with Gasteiger partial charge in [-0.3, -0.25) is 9.69 Å². The number of hydrogen-bond donors (Lipinski definition) is 0. The Morgan fingerprint density at radius 2 is 2.07 bits per heavy atom. The van der Waals surface area contributed by atoms with Crippen molar-refractivity contribution in [3.8, 4) is 11.5 Å².